The van der Waals surface area contributed by atoms with E-state index in [1.807, 2.05) is 65.8 Å². The predicted octanol–water partition coefficient (Wildman–Crippen LogP) is 3.29. The normalized spacial score (nSPS) is 10.7. The van der Waals surface area contributed by atoms with E-state index < -0.39 is 0 Å². The minimum absolute atomic E-state index is 0.102. The first-order valence-corrected chi connectivity index (χ1v) is 9.55. The molecule has 2 heterocycles. The van der Waals surface area contributed by atoms with Crippen molar-refractivity contribution in [2.75, 3.05) is 18.8 Å². The number of thioether (sulfide) groups is 1. The van der Waals surface area contributed by atoms with E-state index in [0.717, 1.165) is 11.3 Å². The lowest BCUT2D eigenvalue weighted by Gasteiger charge is -2.18. The zero-order valence-electron chi connectivity index (χ0n) is 14.9. The average Bonchev–Trinajstić information content (AvgIpc) is 3.12. The van der Waals surface area contributed by atoms with Gasteiger partial charge in [-0.25, -0.2) is 0 Å². The number of rotatable bonds is 7. The maximum Gasteiger partial charge on any atom is 0.233 e. The Kier molecular flexibility index (Phi) is 6.01. The molecule has 0 N–H and O–H groups in total. The molecular formula is C19H21N5OS. The third-order valence-electron chi connectivity index (χ3n) is 4.01. The monoisotopic (exact) mass is 367 g/mol. The number of aromatic nitrogens is 4. The van der Waals surface area contributed by atoms with Gasteiger partial charge in [-0.15, -0.1) is 10.2 Å². The standard InChI is InChI=1S/C19H21N5OS/c1-3-23(4-2)17(25)14-26-19-22-21-18(15-9-8-12-20-13-15)24(19)16-10-6-5-7-11-16/h5-13H,3-4,14H2,1-2H3. The Morgan fingerprint density at radius 2 is 1.85 bits per heavy atom. The molecule has 3 aromatic rings. The maximum absolute atomic E-state index is 12.3. The van der Waals surface area contributed by atoms with Crippen LogP contribution in [0.25, 0.3) is 17.1 Å². The Labute approximate surface area is 157 Å². The van der Waals surface area contributed by atoms with Gasteiger partial charge >= 0.3 is 0 Å². The highest BCUT2D eigenvalue weighted by molar-refractivity contribution is 7.99. The molecule has 0 saturated heterocycles. The van der Waals surface area contributed by atoms with Gasteiger partial charge in [0.25, 0.3) is 0 Å². The molecule has 134 valence electrons. The second-order valence-corrected chi connectivity index (χ2v) is 6.52. The number of para-hydroxylation sites is 1. The van der Waals surface area contributed by atoms with Gasteiger partial charge < -0.3 is 4.90 Å². The van der Waals surface area contributed by atoms with Crippen molar-refractivity contribution in [3.63, 3.8) is 0 Å². The van der Waals surface area contributed by atoms with Crippen molar-refractivity contribution in [3.8, 4) is 17.1 Å². The van der Waals surface area contributed by atoms with Crippen LogP contribution < -0.4 is 0 Å². The second-order valence-electron chi connectivity index (χ2n) is 5.57. The lowest BCUT2D eigenvalue weighted by molar-refractivity contribution is -0.127. The van der Waals surface area contributed by atoms with Crippen molar-refractivity contribution in [2.24, 2.45) is 0 Å². The largest absolute Gasteiger partial charge is 0.343 e. The van der Waals surface area contributed by atoms with E-state index in [4.69, 9.17) is 0 Å². The molecule has 0 fully saturated rings. The van der Waals surface area contributed by atoms with Gasteiger partial charge in [-0.3, -0.25) is 14.3 Å². The number of benzene rings is 1. The number of hydrogen-bond donors (Lipinski definition) is 0. The van der Waals surface area contributed by atoms with Crippen molar-refractivity contribution >= 4 is 17.7 Å². The number of carbonyl (C=O) groups is 1. The van der Waals surface area contributed by atoms with Crippen LogP contribution >= 0.6 is 11.8 Å². The molecular weight excluding hydrogens is 346 g/mol. The van der Waals surface area contributed by atoms with Crippen molar-refractivity contribution in [1.82, 2.24) is 24.6 Å². The summed E-state index contributed by atoms with van der Waals surface area (Å²) in [7, 11) is 0. The summed E-state index contributed by atoms with van der Waals surface area (Å²) in [4.78, 5) is 18.3. The first-order chi connectivity index (χ1) is 12.7. The average molecular weight is 367 g/mol. The maximum atomic E-state index is 12.3. The molecule has 0 aliphatic heterocycles. The summed E-state index contributed by atoms with van der Waals surface area (Å²) in [5, 5.41) is 9.37. The molecule has 0 spiro atoms. The lowest BCUT2D eigenvalue weighted by atomic mass is 10.2. The lowest BCUT2D eigenvalue weighted by Crippen LogP contribution is -2.31. The van der Waals surface area contributed by atoms with E-state index in [9.17, 15) is 4.79 Å². The van der Waals surface area contributed by atoms with E-state index in [-0.39, 0.29) is 5.91 Å². The van der Waals surface area contributed by atoms with Gasteiger partial charge in [0.2, 0.25) is 5.91 Å². The highest BCUT2D eigenvalue weighted by Gasteiger charge is 2.18. The fourth-order valence-corrected chi connectivity index (χ4v) is 3.50. The van der Waals surface area contributed by atoms with Crippen LogP contribution in [0.15, 0.2) is 60.0 Å². The molecule has 26 heavy (non-hydrogen) atoms. The van der Waals surface area contributed by atoms with Crippen LogP contribution in [0.2, 0.25) is 0 Å². The number of pyridine rings is 1. The Morgan fingerprint density at radius 1 is 1.08 bits per heavy atom. The van der Waals surface area contributed by atoms with Crippen LogP contribution in [0.4, 0.5) is 0 Å². The first-order valence-electron chi connectivity index (χ1n) is 8.56. The number of nitrogens with zero attached hydrogens (tertiary/aromatic N) is 5. The van der Waals surface area contributed by atoms with Gasteiger partial charge in [-0.2, -0.15) is 0 Å². The van der Waals surface area contributed by atoms with Crippen molar-refractivity contribution in [2.45, 2.75) is 19.0 Å². The van der Waals surface area contributed by atoms with E-state index in [2.05, 4.69) is 15.2 Å². The Balaban J connectivity index is 1.93. The third kappa shape index (κ3) is 3.94. The second kappa shape index (κ2) is 8.62. The predicted molar refractivity (Wildman–Crippen MR) is 103 cm³/mol. The molecule has 0 radical (unpaired) electrons. The van der Waals surface area contributed by atoms with E-state index in [1.165, 1.54) is 11.8 Å². The third-order valence-corrected chi connectivity index (χ3v) is 4.92. The minimum atomic E-state index is 0.102. The molecule has 7 heteroatoms. The van der Waals surface area contributed by atoms with Crippen LogP contribution in [0.3, 0.4) is 0 Å². The van der Waals surface area contributed by atoms with E-state index in [0.29, 0.717) is 29.8 Å². The van der Waals surface area contributed by atoms with Gasteiger partial charge in [0.1, 0.15) is 0 Å². The summed E-state index contributed by atoms with van der Waals surface area (Å²) in [5.41, 5.74) is 1.83. The van der Waals surface area contributed by atoms with Crippen molar-refractivity contribution < 1.29 is 4.79 Å². The van der Waals surface area contributed by atoms with Gasteiger partial charge in [-0.05, 0) is 38.1 Å². The van der Waals surface area contributed by atoms with Crippen LogP contribution in [0, 0.1) is 0 Å². The van der Waals surface area contributed by atoms with Crippen LogP contribution in [-0.2, 0) is 4.79 Å². The minimum Gasteiger partial charge on any atom is -0.343 e. The summed E-state index contributed by atoms with van der Waals surface area (Å²) in [6.07, 6.45) is 3.49. The SMILES string of the molecule is CCN(CC)C(=O)CSc1nnc(-c2cccnc2)n1-c1ccccc1. The Morgan fingerprint density at radius 3 is 2.50 bits per heavy atom. The molecule has 0 atom stereocenters. The molecule has 2 aromatic heterocycles. The summed E-state index contributed by atoms with van der Waals surface area (Å²) in [6.45, 7) is 5.39. The summed E-state index contributed by atoms with van der Waals surface area (Å²) in [6, 6.07) is 13.7. The number of carbonyl (C=O) groups excluding carboxylic acids is 1. The number of hydrogen-bond acceptors (Lipinski definition) is 5. The topological polar surface area (TPSA) is 63.9 Å². The molecule has 0 saturated carbocycles. The Hall–Kier alpha value is -2.67. The zero-order valence-corrected chi connectivity index (χ0v) is 15.7. The molecule has 3 rings (SSSR count). The van der Waals surface area contributed by atoms with Gasteiger partial charge in [0, 0.05) is 36.7 Å². The van der Waals surface area contributed by atoms with Crippen LogP contribution in [0.1, 0.15) is 13.8 Å². The van der Waals surface area contributed by atoms with Gasteiger partial charge in [0.15, 0.2) is 11.0 Å². The number of amides is 1. The van der Waals surface area contributed by atoms with E-state index in [1.54, 1.807) is 12.4 Å². The Bertz CT molecular complexity index is 847. The quantitative estimate of drug-likeness (QED) is 0.600. The summed E-state index contributed by atoms with van der Waals surface area (Å²) < 4.78 is 1.97. The summed E-state index contributed by atoms with van der Waals surface area (Å²) in [5.74, 6) is 1.15. The molecule has 1 aromatic carbocycles. The highest BCUT2D eigenvalue weighted by atomic mass is 32.2. The molecule has 0 aliphatic carbocycles. The first kappa shape index (κ1) is 18.1. The summed E-state index contributed by atoms with van der Waals surface area (Å²) >= 11 is 1.40. The fraction of sp³-hybridized carbons (Fsp3) is 0.263. The molecule has 0 aliphatic rings. The van der Waals surface area contributed by atoms with Gasteiger partial charge in [-0.1, -0.05) is 30.0 Å². The fourth-order valence-electron chi connectivity index (χ4n) is 2.65. The molecule has 6 nitrogen and oxygen atoms in total. The van der Waals surface area contributed by atoms with Crippen LogP contribution in [0.5, 0.6) is 0 Å². The van der Waals surface area contributed by atoms with Crippen molar-refractivity contribution in [3.05, 3.63) is 54.9 Å². The molecule has 0 bridgehead atoms. The van der Waals surface area contributed by atoms with E-state index >= 15 is 0 Å². The highest BCUT2D eigenvalue weighted by Crippen LogP contribution is 2.27. The molecule has 1 amide bonds. The van der Waals surface area contributed by atoms with Gasteiger partial charge in [0.05, 0.1) is 5.75 Å². The molecule has 0 unspecified atom stereocenters. The van der Waals surface area contributed by atoms with Crippen molar-refractivity contribution in [1.29, 1.82) is 0 Å². The van der Waals surface area contributed by atoms with Crippen LogP contribution in [-0.4, -0.2) is 49.4 Å². The smallest absolute Gasteiger partial charge is 0.233 e. The zero-order chi connectivity index (χ0) is 18.4.